The SMILES string of the molecule is C#Cc1ccc(CC(=O)C2(C3C[C@H]4CC(c5ccnc6ccc(F)cc56)C[C@H]4C3)CC2)cn1.CC#Cc1ccc(CC(=O)C(C)(C)C2C[C@H]3CC(c4ccnc5ccc(F)cc45)C[C@H]3C2)cn1.N#Cc1ccc(CC(=O)C2(C3C[C@H]4CC(c5ccnc6ccc(F)cc56)C[C@H]4C3)CC2)cn1.O=C(Cc1ccc(Cl)cn1)C1(C2C[C@H]3CC(c4ccnc5ccc(F)cc45)C[C@H]3C2)CC1. The quantitative estimate of drug-likeness (QED) is 0.0517. The van der Waals surface area contributed by atoms with Crippen molar-refractivity contribution in [3.8, 4) is 30.3 Å². The van der Waals surface area contributed by atoms with Crippen molar-refractivity contribution < 1.29 is 36.7 Å². The van der Waals surface area contributed by atoms with Gasteiger partial charge in [-0.1, -0.05) is 55.5 Å². The van der Waals surface area contributed by atoms with Gasteiger partial charge in [0.25, 0.3) is 0 Å². The second-order valence-corrected chi connectivity index (χ2v) is 42.0. The van der Waals surface area contributed by atoms with Crippen molar-refractivity contribution in [2.45, 2.75) is 211 Å². The molecular formula is C114H110ClF4N9O4. The second kappa shape index (κ2) is 36.4. The molecule has 132 heavy (non-hydrogen) atoms. The van der Waals surface area contributed by atoms with Crippen molar-refractivity contribution in [2.75, 3.05) is 0 Å². The molecule has 11 aliphatic carbocycles. The number of ketones is 4. The van der Waals surface area contributed by atoms with Gasteiger partial charge in [0.1, 0.15) is 69.6 Å². The van der Waals surface area contributed by atoms with Gasteiger partial charge in [-0.05, 0) is 415 Å². The number of benzene rings is 4. The predicted molar refractivity (Wildman–Crippen MR) is 504 cm³/mol. The lowest BCUT2D eigenvalue weighted by atomic mass is 9.71. The smallest absolute Gasteiger partial charge is 0.145 e. The third kappa shape index (κ3) is 17.9. The molecule has 16 atom stereocenters. The normalized spacial score (nSPS) is 26.6. The second-order valence-electron chi connectivity index (χ2n) is 41.5. The molecule has 23 rings (SSSR count). The van der Waals surface area contributed by atoms with E-state index in [2.05, 4.69) is 95.7 Å². The van der Waals surface area contributed by atoms with Crippen molar-refractivity contribution >= 4 is 78.3 Å². The van der Waals surface area contributed by atoms with Crippen molar-refractivity contribution in [1.82, 2.24) is 39.9 Å². The molecule has 0 amide bonds. The summed E-state index contributed by atoms with van der Waals surface area (Å²) in [5.41, 5.74) is 13.1. The summed E-state index contributed by atoms with van der Waals surface area (Å²) in [6, 6.07) is 44.7. The molecule has 4 aromatic carbocycles. The Labute approximate surface area is 774 Å². The molecule has 11 fully saturated rings. The lowest BCUT2D eigenvalue weighted by Gasteiger charge is -2.31. The van der Waals surface area contributed by atoms with E-state index in [-0.39, 0.29) is 44.9 Å². The van der Waals surface area contributed by atoms with Crippen LogP contribution in [0.3, 0.4) is 0 Å². The molecule has 8 aromatic heterocycles. The van der Waals surface area contributed by atoms with E-state index in [1.54, 1.807) is 86.3 Å². The highest BCUT2D eigenvalue weighted by Crippen LogP contribution is 2.68. The van der Waals surface area contributed by atoms with Crippen LogP contribution in [-0.2, 0) is 44.9 Å². The van der Waals surface area contributed by atoms with Crippen LogP contribution in [0.4, 0.5) is 17.6 Å². The maximum Gasteiger partial charge on any atom is 0.145 e. The van der Waals surface area contributed by atoms with Gasteiger partial charge in [0.15, 0.2) is 0 Å². The highest BCUT2D eigenvalue weighted by Gasteiger charge is 2.62. The largest absolute Gasteiger partial charge is 0.299 e. The van der Waals surface area contributed by atoms with Gasteiger partial charge in [-0.2, -0.15) is 5.26 Å². The number of Topliss-reactive ketones (excluding diaryl/α,β-unsaturated/α-hetero) is 4. The van der Waals surface area contributed by atoms with Crippen molar-refractivity contribution in [3.05, 3.63) is 285 Å². The zero-order valence-electron chi connectivity index (χ0n) is 75.2. The summed E-state index contributed by atoms with van der Waals surface area (Å²) in [5, 5.41) is 13.3. The Bertz CT molecular complexity index is 6350. The van der Waals surface area contributed by atoms with E-state index in [0.29, 0.717) is 160 Å². The Morgan fingerprint density at radius 2 is 0.712 bits per heavy atom. The van der Waals surface area contributed by atoms with Gasteiger partial charge in [0.05, 0.1) is 27.1 Å². The number of hydrogen-bond acceptors (Lipinski definition) is 13. The van der Waals surface area contributed by atoms with Crippen LogP contribution < -0.4 is 0 Å². The van der Waals surface area contributed by atoms with Gasteiger partial charge in [-0.15, -0.1) is 6.42 Å². The fourth-order valence-electron chi connectivity index (χ4n) is 26.7. The molecule has 11 saturated carbocycles. The molecule has 11 aliphatic rings. The summed E-state index contributed by atoms with van der Waals surface area (Å²) < 4.78 is 55.7. The lowest BCUT2D eigenvalue weighted by molar-refractivity contribution is -0.129. The molecule has 13 nitrogen and oxygen atoms in total. The Morgan fingerprint density at radius 3 is 1.02 bits per heavy atom. The Hall–Kier alpha value is -11.6. The molecule has 0 aliphatic heterocycles. The van der Waals surface area contributed by atoms with Gasteiger partial charge in [-0.25, -0.2) is 32.5 Å². The minimum absolute atomic E-state index is 0.114. The summed E-state index contributed by atoms with van der Waals surface area (Å²) in [6.45, 7) is 6.05. The number of carbonyl (C=O) groups excluding carboxylic acids is 4. The minimum Gasteiger partial charge on any atom is -0.299 e. The van der Waals surface area contributed by atoms with Crippen LogP contribution in [0.5, 0.6) is 0 Å². The number of nitriles is 1. The molecule has 8 unspecified atom stereocenters. The number of fused-ring (bicyclic) bond motifs is 8. The molecule has 18 heteroatoms. The molecule has 8 heterocycles. The fourth-order valence-corrected chi connectivity index (χ4v) is 26.8. The van der Waals surface area contributed by atoms with Crippen LogP contribution in [0.15, 0.2) is 195 Å². The van der Waals surface area contributed by atoms with Gasteiger partial charge in [0, 0.05) is 124 Å². The van der Waals surface area contributed by atoms with Crippen LogP contribution in [0.25, 0.3) is 43.6 Å². The number of halogens is 5. The van der Waals surface area contributed by atoms with Crippen molar-refractivity contribution in [3.63, 3.8) is 0 Å². The lowest BCUT2D eigenvalue weighted by Crippen LogP contribution is -2.33. The van der Waals surface area contributed by atoms with E-state index in [9.17, 15) is 36.7 Å². The molecular weight excluding hydrogens is 1670 g/mol. The van der Waals surface area contributed by atoms with Crippen LogP contribution in [0.1, 0.15) is 247 Å². The monoisotopic (exact) mass is 1780 g/mol. The zero-order chi connectivity index (χ0) is 90.9. The third-order valence-corrected chi connectivity index (χ3v) is 34.3. The van der Waals surface area contributed by atoms with Crippen molar-refractivity contribution in [2.24, 2.45) is 92.7 Å². The number of rotatable bonds is 20. The Kier molecular flexibility index (Phi) is 24.4. The maximum atomic E-state index is 13.9. The first-order valence-corrected chi connectivity index (χ1v) is 48.4. The van der Waals surface area contributed by atoms with Crippen LogP contribution >= 0.6 is 11.6 Å². The van der Waals surface area contributed by atoms with Crippen LogP contribution in [0, 0.1) is 151 Å². The maximum absolute atomic E-state index is 13.9. The standard InChI is InChI=1S/C30H31FN2O.C29H27FN2O.C28H26FN3O.C27H26ClFN2O/c1-4-5-25-8-6-19(18-33-25)12-29(34)30(2,3)23-15-20-13-22(14-21(20)16-23)26-10-11-32-28-9-7-24(31)17-27(26)28;1-2-24-5-3-18(17-32-24)11-28(33)29(8-9-29)22-14-19-12-21(13-20(19)15-22)25-7-10-31-27-6-4-23(30)16-26(25)27;29-22-2-4-26-25(14-22)24(5-8-31-26)20-10-18-12-21(13-19(18)11-20)28(6-7-28)27(33)9-17-1-3-23(15-30)32-16-17;28-20-1-3-22(31-15-20)14-26(32)27(6-7-27)19-11-16-9-18(10-17(16)12-19)23-5-8-30-25-4-2-21(29)13-24(23)25/h6-11,17-18,20-23H,12-16H2,1-3H3;1,3-7,10,16-17,19-22H,8-9,11-15H2;1-5,8,14,16,18-21H,6-7,9-13H2;1-5,8,13,15-19H,6-7,9-12,14H2/t20-,21+,22?,23?;19-,20+,21?,22?;18-,19+,20?,21?;16-,17+,18?,19?. The first-order chi connectivity index (χ1) is 64.0. The molecule has 0 N–H and O–H groups in total. The Balaban J connectivity index is 0.000000110. The van der Waals surface area contributed by atoms with E-state index >= 15 is 0 Å². The summed E-state index contributed by atoms with van der Waals surface area (Å²) in [4.78, 5) is 87.9. The topological polar surface area (TPSA) is 195 Å². The first-order valence-electron chi connectivity index (χ1n) is 48.0. The minimum atomic E-state index is -0.353. The van der Waals surface area contributed by atoms with E-state index < -0.39 is 0 Å². The highest BCUT2D eigenvalue weighted by atomic mass is 35.5. The van der Waals surface area contributed by atoms with Gasteiger partial charge in [0.2, 0.25) is 0 Å². The average molecular weight is 1780 g/mol. The number of terminal acetylenes is 1. The van der Waals surface area contributed by atoms with Crippen LogP contribution in [-0.4, -0.2) is 63.0 Å². The van der Waals surface area contributed by atoms with Gasteiger partial charge in [-0.3, -0.25) is 44.1 Å². The highest BCUT2D eigenvalue weighted by molar-refractivity contribution is 6.30. The predicted octanol–water partition coefficient (Wildman–Crippen LogP) is 24.6. The number of carbonyl (C=O) groups is 4. The van der Waals surface area contributed by atoms with E-state index in [1.165, 1.54) is 46.5 Å². The molecule has 0 saturated heterocycles. The summed E-state index contributed by atoms with van der Waals surface area (Å²) in [7, 11) is 0. The van der Waals surface area contributed by atoms with Crippen LogP contribution in [0.2, 0.25) is 5.02 Å². The molecule has 0 spiro atoms. The zero-order valence-corrected chi connectivity index (χ0v) is 76.0. The van der Waals surface area contributed by atoms with E-state index in [4.69, 9.17) is 23.3 Å². The average Bonchev–Trinajstić information content (AvgIpc) is 1.58. The van der Waals surface area contributed by atoms with E-state index in [1.807, 2.05) is 73.3 Å². The van der Waals surface area contributed by atoms with Gasteiger partial charge >= 0.3 is 0 Å². The number of pyridine rings is 8. The summed E-state index contributed by atoms with van der Waals surface area (Å²) in [6.07, 6.45) is 45.6. The number of aromatic nitrogens is 8. The Morgan fingerprint density at radius 1 is 0.386 bits per heavy atom. The molecule has 670 valence electrons. The van der Waals surface area contributed by atoms with Gasteiger partial charge < -0.3 is 0 Å². The van der Waals surface area contributed by atoms with E-state index in [0.717, 1.165) is 213 Å². The molecule has 12 aromatic rings. The van der Waals surface area contributed by atoms with Crippen molar-refractivity contribution in [1.29, 1.82) is 5.26 Å². The number of hydrogen-bond donors (Lipinski definition) is 0. The summed E-state index contributed by atoms with van der Waals surface area (Å²) >= 11 is 5.93. The summed E-state index contributed by atoms with van der Waals surface area (Å²) in [5.74, 6) is 17.8. The first kappa shape index (κ1) is 88.3. The third-order valence-electron chi connectivity index (χ3n) is 34.1. The molecule has 0 radical (unpaired) electrons. The number of nitrogens with zero attached hydrogens (tertiary/aromatic N) is 9. The molecule has 0 bridgehead atoms. The fraction of sp³-hybridized carbons (Fsp3) is 0.430.